The number of halogens is 1. The summed E-state index contributed by atoms with van der Waals surface area (Å²) in [7, 11) is -2.08. The highest BCUT2D eigenvalue weighted by molar-refractivity contribution is 14.1. The van der Waals surface area contributed by atoms with Gasteiger partial charge in [0.2, 0.25) is 10.0 Å². The minimum absolute atomic E-state index is 0.221. The van der Waals surface area contributed by atoms with Crippen LogP contribution in [-0.4, -0.2) is 15.5 Å². The van der Waals surface area contributed by atoms with Crippen LogP contribution < -0.4 is 10.0 Å². The molecule has 2 aromatic rings. The van der Waals surface area contributed by atoms with Crippen molar-refractivity contribution in [2.75, 3.05) is 12.4 Å². The summed E-state index contributed by atoms with van der Waals surface area (Å²) in [4.78, 5) is 0.221. The van der Waals surface area contributed by atoms with Crippen molar-refractivity contribution in [1.29, 1.82) is 0 Å². The average Bonchev–Trinajstić information content (AvgIpc) is 2.82. The summed E-state index contributed by atoms with van der Waals surface area (Å²) in [6.07, 6.45) is 0. The van der Waals surface area contributed by atoms with Gasteiger partial charge in [-0.15, -0.1) is 0 Å². The van der Waals surface area contributed by atoms with Gasteiger partial charge < -0.3 is 9.73 Å². The van der Waals surface area contributed by atoms with Crippen LogP contribution in [0.4, 0.5) is 5.69 Å². The van der Waals surface area contributed by atoms with E-state index in [-0.39, 0.29) is 4.90 Å². The van der Waals surface area contributed by atoms with E-state index in [9.17, 15) is 8.42 Å². The normalized spacial score (nSPS) is 11.5. The molecule has 0 fully saturated rings. The molecule has 0 radical (unpaired) electrons. The molecule has 0 unspecified atom stereocenters. The quantitative estimate of drug-likeness (QED) is 0.767. The van der Waals surface area contributed by atoms with Gasteiger partial charge in [0, 0.05) is 0 Å². The molecule has 19 heavy (non-hydrogen) atoms. The lowest BCUT2D eigenvalue weighted by molar-refractivity contribution is 0.492. The van der Waals surface area contributed by atoms with Gasteiger partial charge in [-0.1, -0.05) is 12.1 Å². The summed E-state index contributed by atoms with van der Waals surface area (Å²) in [6.45, 7) is 0.430. The predicted octanol–water partition coefficient (Wildman–Crippen LogP) is 2.40. The number of hydrogen-bond acceptors (Lipinski definition) is 4. The van der Waals surface area contributed by atoms with Gasteiger partial charge in [0.05, 0.1) is 12.2 Å². The molecule has 7 heteroatoms. The van der Waals surface area contributed by atoms with Gasteiger partial charge >= 0.3 is 0 Å². The molecule has 0 atom stereocenters. The number of sulfonamides is 1. The van der Waals surface area contributed by atoms with E-state index in [1.807, 2.05) is 12.1 Å². The van der Waals surface area contributed by atoms with Gasteiger partial charge in [-0.05, 0) is 53.9 Å². The molecule has 102 valence electrons. The molecule has 5 nitrogen and oxygen atoms in total. The molecule has 0 saturated carbocycles. The van der Waals surface area contributed by atoms with Crippen molar-refractivity contribution in [3.8, 4) is 0 Å². The van der Waals surface area contributed by atoms with Crippen molar-refractivity contribution in [3.05, 3.63) is 45.9 Å². The van der Waals surface area contributed by atoms with E-state index in [2.05, 4.69) is 32.6 Å². The first-order valence-corrected chi connectivity index (χ1v) is 8.10. The third kappa shape index (κ3) is 3.48. The molecule has 0 spiro atoms. The Balaban J connectivity index is 2.21. The van der Waals surface area contributed by atoms with Crippen LogP contribution >= 0.6 is 22.6 Å². The van der Waals surface area contributed by atoms with Crippen molar-refractivity contribution in [1.82, 2.24) is 4.72 Å². The van der Waals surface area contributed by atoms with E-state index in [1.165, 1.54) is 7.05 Å². The first kappa shape index (κ1) is 14.4. The van der Waals surface area contributed by atoms with Crippen LogP contribution in [-0.2, 0) is 16.6 Å². The van der Waals surface area contributed by atoms with Gasteiger partial charge in [-0.3, -0.25) is 0 Å². The second kappa shape index (κ2) is 5.93. The van der Waals surface area contributed by atoms with E-state index >= 15 is 0 Å². The van der Waals surface area contributed by atoms with E-state index in [0.29, 0.717) is 12.2 Å². The molecule has 0 aliphatic carbocycles. The summed E-state index contributed by atoms with van der Waals surface area (Å²) in [5.41, 5.74) is 0.545. The van der Waals surface area contributed by atoms with E-state index in [0.717, 1.165) is 9.53 Å². The second-order valence-corrected chi connectivity index (χ2v) is 6.68. The Hall–Kier alpha value is -1.06. The molecule has 0 aliphatic rings. The molecule has 2 N–H and O–H groups in total. The topological polar surface area (TPSA) is 71.3 Å². The summed E-state index contributed by atoms with van der Waals surface area (Å²) in [6, 6.07) is 10.4. The number of benzene rings is 1. The number of furan rings is 1. The predicted molar refractivity (Wildman–Crippen MR) is 81.4 cm³/mol. The second-order valence-electron chi connectivity index (χ2n) is 3.76. The van der Waals surface area contributed by atoms with Crippen molar-refractivity contribution in [3.63, 3.8) is 0 Å². The van der Waals surface area contributed by atoms with Crippen LogP contribution in [0.1, 0.15) is 5.76 Å². The highest BCUT2D eigenvalue weighted by atomic mass is 127. The number of nitrogens with one attached hydrogen (secondary N) is 2. The molecule has 0 aliphatic heterocycles. The monoisotopic (exact) mass is 392 g/mol. The molecule has 2 rings (SSSR count). The van der Waals surface area contributed by atoms with Crippen LogP contribution in [0, 0.1) is 3.77 Å². The zero-order valence-corrected chi connectivity index (χ0v) is 13.2. The fourth-order valence-corrected chi connectivity index (χ4v) is 2.96. The third-order valence-electron chi connectivity index (χ3n) is 2.53. The van der Waals surface area contributed by atoms with Gasteiger partial charge in [-0.2, -0.15) is 0 Å². The maximum atomic E-state index is 11.9. The Labute approximate surface area is 125 Å². The van der Waals surface area contributed by atoms with Crippen molar-refractivity contribution < 1.29 is 12.8 Å². The summed E-state index contributed by atoms with van der Waals surface area (Å²) in [5, 5.41) is 3.07. The Kier molecular flexibility index (Phi) is 4.48. The standard InChI is InChI=1S/C12H13IN2O3S/c1-14-19(16,17)11-5-3-2-4-10(11)15-8-9-6-7-12(13)18-9/h2-7,14-15H,8H2,1H3. The molecule has 1 aromatic carbocycles. The maximum absolute atomic E-state index is 11.9. The highest BCUT2D eigenvalue weighted by Crippen LogP contribution is 2.21. The van der Waals surface area contributed by atoms with Crippen LogP contribution in [0.15, 0.2) is 45.7 Å². The summed E-state index contributed by atoms with van der Waals surface area (Å²) in [5.74, 6) is 0.751. The van der Waals surface area contributed by atoms with Crippen LogP contribution in [0.2, 0.25) is 0 Å². The lowest BCUT2D eigenvalue weighted by atomic mass is 10.3. The summed E-state index contributed by atoms with van der Waals surface area (Å²) < 4.78 is 32.2. The Morgan fingerprint density at radius 3 is 2.58 bits per heavy atom. The van der Waals surface area contributed by atoms with Crippen LogP contribution in [0.3, 0.4) is 0 Å². The zero-order chi connectivity index (χ0) is 13.9. The Bertz CT molecular complexity index is 667. The van der Waals surface area contributed by atoms with E-state index in [1.54, 1.807) is 24.3 Å². The summed E-state index contributed by atoms with van der Waals surface area (Å²) >= 11 is 2.08. The van der Waals surface area contributed by atoms with Crippen molar-refractivity contribution in [2.24, 2.45) is 0 Å². The fraction of sp³-hybridized carbons (Fsp3) is 0.167. The SMILES string of the molecule is CNS(=O)(=O)c1ccccc1NCc1ccc(I)o1. The van der Waals surface area contributed by atoms with Gasteiger partial charge in [0.15, 0.2) is 3.77 Å². The minimum Gasteiger partial charge on any atom is -0.454 e. The van der Waals surface area contributed by atoms with E-state index < -0.39 is 10.0 Å². The number of rotatable bonds is 5. The number of para-hydroxylation sites is 1. The molecular weight excluding hydrogens is 379 g/mol. The highest BCUT2D eigenvalue weighted by Gasteiger charge is 2.15. The van der Waals surface area contributed by atoms with Gasteiger partial charge in [-0.25, -0.2) is 13.1 Å². The smallest absolute Gasteiger partial charge is 0.242 e. The van der Waals surface area contributed by atoms with Crippen molar-refractivity contribution >= 4 is 38.3 Å². The minimum atomic E-state index is -3.47. The molecular formula is C12H13IN2O3S. The first-order valence-electron chi connectivity index (χ1n) is 5.53. The van der Waals surface area contributed by atoms with Gasteiger partial charge in [0.1, 0.15) is 10.7 Å². The van der Waals surface area contributed by atoms with E-state index in [4.69, 9.17) is 4.42 Å². The third-order valence-corrected chi connectivity index (χ3v) is 4.58. The Morgan fingerprint density at radius 1 is 1.21 bits per heavy atom. The lowest BCUT2D eigenvalue weighted by Crippen LogP contribution is -2.20. The van der Waals surface area contributed by atoms with Crippen LogP contribution in [0.25, 0.3) is 0 Å². The van der Waals surface area contributed by atoms with Crippen LogP contribution in [0.5, 0.6) is 0 Å². The molecule has 0 bridgehead atoms. The molecule has 0 saturated heterocycles. The molecule has 1 heterocycles. The number of hydrogen-bond donors (Lipinski definition) is 2. The average molecular weight is 392 g/mol. The molecule has 0 amide bonds. The Morgan fingerprint density at radius 2 is 1.95 bits per heavy atom. The first-order chi connectivity index (χ1) is 9.03. The largest absolute Gasteiger partial charge is 0.454 e. The zero-order valence-electron chi connectivity index (χ0n) is 10.2. The molecule has 1 aromatic heterocycles. The lowest BCUT2D eigenvalue weighted by Gasteiger charge is -2.10. The number of anilines is 1. The van der Waals surface area contributed by atoms with Gasteiger partial charge in [0.25, 0.3) is 0 Å². The fourth-order valence-electron chi connectivity index (χ4n) is 1.59. The maximum Gasteiger partial charge on any atom is 0.242 e. The van der Waals surface area contributed by atoms with Crippen molar-refractivity contribution in [2.45, 2.75) is 11.4 Å².